The number of thioether (sulfide) groups is 1. The number of rotatable bonds is 5. The van der Waals surface area contributed by atoms with Crippen molar-refractivity contribution < 1.29 is 14.4 Å². The molecule has 3 rings (SSSR count). The number of piperidine rings is 1. The average molecular weight is 369 g/mol. The van der Waals surface area contributed by atoms with Crippen LogP contribution < -0.4 is 4.90 Å². The molecule has 7 nitrogen and oxygen atoms in total. The van der Waals surface area contributed by atoms with Gasteiger partial charge in [-0.3, -0.25) is 4.79 Å². The van der Waals surface area contributed by atoms with Crippen LogP contribution in [0.15, 0.2) is 5.16 Å². The first-order valence-electron chi connectivity index (χ1n) is 9.28. The van der Waals surface area contributed by atoms with Crippen molar-refractivity contribution in [2.45, 2.75) is 43.8 Å². The van der Waals surface area contributed by atoms with Crippen LogP contribution in [0.2, 0.25) is 0 Å². The maximum atomic E-state index is 12.5. The Morgan fingerprint density at radius 1 is 1.36 bits per heavy atom. The van der Waals surface area contributed by atoms with Crippen LogP contribution in [-0.4, -0.2) is 77.8 Å². The van der Waals surface area contributed by atoms with E-state index in [1.807, 2.05) is 11.2 Å². The summed E-state index contributed by atoms with van der Waals surface area (Å²) >= 11 is 1.65. The zero-order valence-electron chi connectivity index (χ0n) is 15.5. The minimum Gasteiger partial charge on any atom is -0.378 e. The van der Waals surface area contributed by atoms with Gasteiger partial charge in [0.2, 0.25) is 0 Å². The first kappa shape index (κ1) is 18.7. The topological polar surface area (TPSA) is 64.7 Å². The van der Waals surface area contributed by atoms with E-state index in [-0.39, 0.29) is 5.91 Å². The zero-order valence-corrected chi connectivity index (χ0v) is 16.3. The number of nitrogens with zero attached hydrogens (tertiary/aromatic N) is 4. The van der Waals surface area contributed by atoms with Gasteiger partial charge in [-0.2, -0.15) is 0 Å². The highest BCUT2D eigenvalue weighted by Gasteiger charge is 2.32. The van der Waals surface area contributed by atoms with Crippen LogP contribution >= 0.6 is 11.8 Å². The van der Waals surface area contributed by atoms with Crippen molar-refractivity contribution in [3.63, 3.8) is 0 Å². The molecular weight excluding hydrogens is 338 g/mol. The lowest BCUT2D eigenvalue weighted by atomic mass is 9.97. The van der Waals surface area contributed by atoms with E-state index in [1.54, 1.807) is 11.8 Å². The summed E-state index contributed by atoms with van der Waals surface area (Å²) in [5.41, 5.74) is 0. The normalized spacial score (nSPS) is 24.7. The number of hydrogen-bond acceptors (Lipinski definition) is 5. The van der Waals surface area contributed by atoms with E-state index in [0.717, 1.165) is 50.0 Å². The number of quaternary nitrogens is 1. The van der Waals surface area contributed by atoms with Gasteiger partial charge in [-0.15, -0.1) is 10.2 Å². The molecule has 2 aliphatic rings. The fourth-order valence-corrected chi connectivity index (χ4v) is 4.49. The molecule has 0 aliphatic carbocycles. The highest BCUT2D eigenvalue weighted by atomic mass is 32.2. The largest absolute Gasteiger partial charge is 0.378 e. The van der Waals surface area contributed by atoms with E-state index < -0.39 is 0 Å². The van der Waals surface area contributed by atoms with E-state index in [9.17, 15) is 4.79 Å². The van der Waals surface area contributed by atoms with Gasteiger partial charge in [0.1, 0.15) is 5.82 Å². The summed E-state index contributed by atoms with van der Waals surface area (Å²) in [5.74, 6) is 1.74. The van der Waals surface area contributed by atoms with Gasteiger partial charge in [0.05, 0.1) is 32.2 Å². The number of ether oxygens (including phenoxy) is 1. The summed E-state index contributed by atoms with van der Waals surface area (Å²) in [7, 11) is 0. The predicted molar refractivity (Wildman–Crippen MR) is 97.1 cm³/mol. The standard InChI is InChI=1S/C17H29N5O2S/c1-13(2)22-16(18-19-17(22)25-3)14-5-4-6-20(11-14)12-15(23)21-7-9-24-10-8-21/h13-14H,4-12H2,1-3H3/p+1/t14-/m1/s1. The number of likely N-dealkylation sites (tertiary alicyclic amines) is 1. The van der Waals surface area contributed by atoms with E-state index in [1.165, 1.54) is 4.90 Å². The lowest BCUT2D eigenvalue weighted by Crippen LogP contribution is -3.14. The number of carbonyl (C=O) groups is 1. The van der Waals surface area contributed by atoms with Crippen molar-refractivity contribution in [3.05, 3.63) is 5.82 Å². The Labute approximate surface area is 154 Å². The van der Waals surface area contributed by atoms with Gasteiger partial charge in [-0.05, 0) is 32.9 Å². The van der Waals surface area contributed by atoms with Crippen molar-refractivity contribution in [1.29, 1.82) is 0 Å². The predicted octanol–water partition coefficient (Wildman–Crippen LogP) is 0.202. The molecular formula is C17H30N5O2S+. The highest BCUT2D eigenvalue weighted by molar-refractivity contribution is 7.98. The van der Waals surface area contributed by atoms with Crippen molar-refractivity contribution >= 4 is 17.7 Å². The number of morpholine rings is 1. The summed E-state index contributed by atoms with van der Waals surface area (Å²) in [6.07, 6.45) is 4.32. The number of amides is 1. The molecule has 1 aromatic heterocycles. The summed E-state index contributed by atoms with van der Waals surface area (Å²) in [6.45, 7) is 9.78. The van der Waals surface area contributed by atoms with Crippen LogP contribution in [0, 0.1) is 0 Å². The Morgan fingerprint density at radius 3 is 2.80 bits per heavy atom. The van der Waals surface area contributed by atoms with E-state index in [0.29, 0.717) is 31.7 Å². The van der Waals surface area contributed by atoms with Gasteiger partial charge >= 0.3 is 0 Å². The Morgan fingerprint density at radius 2 is 2.12 bits per heavy atom. The molecule has 2 aliphatic heterocycles. The fourth-order valence-electron chi connectivity index (χ4n) is 3.86. The smallest absolute Gasteiger partial charge is 0.277 e. The fraction of sp³-hybridized carbons (Fsp3) is 0.824. The molecule has 25 heavy (non-hydrogen) atoms. The van der Waals surface area contributed by atoms with Crippen LogP contribution in [-0.2, 0) is 9.53 Å². The molecule has 2 atom stereocenters. The lowest BCUT2D eigenvalue weighted by molar-refractivity contribution is -0.898. The summed E-state index contributed by atoms with van der Waals surface area (Å²) in [6, 6.07) is 0.354. The van der Waals surface area contributed by atoms with Gasteiger partial charge in [-0.25, -0.2) is 0 Å². The van der Waals surface area contributed by atoms with Gasteiger partial charge in [-0.1, -0.05) is 11.8 Å². The highest BCUT2D eigenvalue weighted by Crippen LogP contribution is 2.27. The lowest BCUT2D eigenvalue weighted by Gasteiger charge is -2.32. The van der Waals surface area contributed by atoms with Crippen LogP contribution in [0.3, 0.4) is 0 Å². The Kier molecular flexibility index (Phi) is 6.35. The molecule has 2 saturated heterocycles. The Bertz CT molecular complexity index is 586. The first-order valence-corrected chi connectivity index (χ1v) is 10.5. The number of nitrogens with one attached hydrogen (secondary N) is 1. The monoisotopic (exact) mass is 368 g/mol. The third-order valence-corrected chi connectivity index (χ3v) is 5.78. The van der Waals surface area contributed by atoms with Gasteiger partial charge in [0.25, 0.3) is 5.91 Å². The van der Waals surface area contributed by atoms with E-state index in [2.05, 4.69) is 28.6 Å². The molecule has 0 bridgehead atoms. The minimum atomic E-state index is 0.258. The SMILES string of the molecule is CSc1nnc([C@@H]2CCC[NH+](CC(=O)N3CCOCC3)C2)n1C(C)C. The van der Waals surface area contributed by atoms with Crippen molar-refractivity contribution in [2.75, 3.05) is 52.2 Å². The summed E-state index contributed by atoms with van der Waals surface area (Å²) in [5, 5.41) is 9.86. The van der Waals surface area contributed by atoms with Crippen LogP contribution in [0.4, 0.5) is 0 Å². The minimum absolute atomic E-state index is 0.258. The van der Waals surface area contributed by atoms with Crippen LogP contribution in [0.1, 0.15) is 44.5 Å². The number of aromatic nitrogens is 3. The molecule has 1 amide bonds. The number of hydrogen-bond donors (Lipinski definition) is 1. The van der Waals surface area contributed by atoms with Crippen molar-refractivity contribution in [3.8, 4) is 0 Å². The maximum Gasteiger partial charge on any atom is 0.277 e. The molecule has 8 heteroatoms. The van der Waals surface area contributed by atoms with Crippen LogP contribution in [0.5, 0.6) is 0 Å². The molecule has 0 radical (unpaired) electrons. The Hall–Kier alpha value is -1.12. The average Bonchev–Trinajstić information content (AvgIpc) is 3.07. The number of carbonyl (C=O) groups excluding carboxylic acids is 1. The second-order valence-corrected chi connectivity index (χ2v) is 8.00. The maximum absolute atomic E-state index is 12.5. The van der Waals surface area contributed by atoms with E-state index in [4.69, 9.17) is 4.74 Å². The zero-order chi connectivity index (χ0) is 17.8. The molecule has 0 aromatic carbocycles. The second kappa shape index (κ2) is 8.51. The van der Waals surface area contributed by atoms with E-state index >= 15 is 0 Å². The van der Waals surface area contributed by atoms with Crippen LogP contribution in [0.25, 0.3) is 0 Å². The van der Waals surface area contributed by atoms with Gasteiger partial charge in [0, 0.05) is 19.1 Å². The molecule has 1 N–H and O–H groups in total. The molecule has 0 spiro atoms. The molecule has 1 unspecified atom stereocenters. The second-order valence-electron chi connectivity index (χ2n) is 7.22. The quantitative estimate of drug-likeness (QED) is 0.753. The third kappa shape index (κ3) is 4.35. The van der Waals surface area contributed by atoms with Crippen molar-refractivity contribution in [1.82, 2.24) is 19.7 Å². The van der Waals surface area contributed by atoms with Crippen molar-refractivity contribution in [2.24, 2.45) is 0 Å². The molecule has 140 valence electrons. The summed E-state index contributed by atoms with van der Waals surface area (Å²) < 4.78 is 7.61. The van der Waals surface area contributed by atoms with Gasteiger partial charge < -0.3 is 19.1 Å². The Balaban J connectivity index is 1.65. The third-order valence-electron chi connectivity index (χ3n) is 5.14. The molecule has 2 fully saturated rings. The molecule has 3 heterocycles. The summed E-state index contributed by atoms with van der Waals surface area (Å²) in [4.78, 5) is 15.9. The first-order chi connectivity index (χ1) is 12.1. The molecule has 0 saturated carbocycles. The van der Waals surface area contributed by atoms with Gasteiger partial charge in [0.15, 0.2) is 11.7 Å². The molecule has 1 aromatic rings.